The van der Waals surface area contributed by atoms with Gasteiger partial charge in [0.15, 0.2) is 9.84 Å². The summed E-state index contributed by atoms with van der Waals surface area (Å²) in [6, 6.07) is 10.3. The maximum Gasteiger partial charge on any atom is 0.150 e. The third-order valence-electron chi connectivity index (χ3n) is 3.74. The minimum absolute atomic E-state index is 0.270. The molecule has 0 aliphatic carbocycles. The number of hydrogen-bond donors (Lipinski definition) is 1. The molecule has 1 aromatic rings. The van der Waals surface area contributed by atoms with Crippen LogP contribution in [0.4, 0.5) is 0 Å². The minimum atomic E-state index is -2.79. The summed E-state index contributed by atoms with van der Waals surface area (Å²) < 4.78 is 23.0. The van der Waals surface area contributed by atoms with Crippen LogP contribution in [0.1, 0.15) is 12.8 Å². The van der Waals surface area contributed by atoms with E-state index in [9.17, 15) is 8.42 Å². The molecule has 0 amide bonds. The van der Waals surface area contributed by atoms with Gasteiger partial charge in [0.05, 0.1) is 11.5 Å². The van der Waals surface area contributed by atoms with Crippen molar-refractivity contribution in [2.75, 3.05) is 23.8 Å². The molecule has 0 radical (unpaired) electrons. The fraction of sp³-hybridized carbons (Fsp3) is 0.571. The monoisotopic (exact) mass is 299 g/mol. The molecule has 0 bridgehead atoms. The summed E-state index contributed by atoms with van der Waals surface area (Å²) >= 11 is 1.82. The molecule has 106 valence electrons. The molecule has 2 N–H and O–H groups in total. The third-order valence-corrected chi connectivity index (χ3v) is 6.58. The molecule has 1 heterocycles. The van der Waals surface area contributed by atoms with E-state index in [1.54, 1.807) is 0 Å². The first-order chi connectivity index (χ1) is 9.11. The van der Waals surface area contributed by atoms with Crippen LogP contribution in [0.25, 0.3) is 0 Å². The zero-order chi connectivity index (χ0) is 13.7. The van der Waals surface area contributed by atoms with Gasteiger partial charge in [-0.15, -0.1) is 11.8 Å². The van der Waals surface area contributed by atoms with Crippen LogP contribution in [0.15, 0.2) is 35.2 Å². The zero-order valence-electron chi connectivity index (χ0n) is 11.0. The number of nitrogens with two attached hydrogens (primary N) is 1. The first-order valence-electron chi connectivity index (χ1n) is 6.69. The maximum atomic E-state index is 11.5. The summed E-state index contributed by atoms with van der Waals surface area (Å²) in [5.74, 6) is 2.30. The fourth-order valence-electron chi connectivity index (χ4n) is 2.59. The first kappa shape index (κ1) is 14.9. The largest absolute Gasteiger partial charge is 0.330 e. The van der Waals surface area contributed by atoms with Crippen LogP contribution < -0.4 is 5.73 Å². The van der Waals surface area contributed by atoms with Gasteiger partial charge in [0.1, 0.15) is 0 Å². The molecule has 0 spiro atoms. The highest BCUT2D eigenvalue weighted by atomic mass is 32.2. The summed E-state index contributed by atoms with van der Waals surface area (Å²) in [5.41, 5.74) is 5.82. The second-order valence-corrected chi connectivity index (χ2v) is 8.51. The Morgan fingerprint density at radius 3 is 2.63 bits per heavy atom. The van der Waals surface area contributed by atoms with E-state index in [1.165, 1.54) is 4.90 Å². The van der Waals surface area contributed by atoms with Crippen molar-refractivity contribution in [2.24, 2.45) is 17.6 Å². The Morgan fingerprint density at radius 2 is 2.05 bits per heavy atom. The molecule has 0 saturated carbocycles. The quantitative estimate of drug-likeness (QED) is 0.818. The molecule has 1 fully saturated rings. The second kappa shape index (κ2) is 6.77. The summed E-state index contributed by atoms with van der Waals surface area (Å²) in [6.07, 6.45) is 1.79. The normalized spacial score (nSPS) is 23.3. The Bertz CT molecular complexity index is 487. The van der Waals surface area contributed by atoms with E-state index < -0.39 is 9.84 Å². The highest BCUT2D eigenvalue weighted by molar-refractivity contribution is 7.99. The van der Waals surface area contributed by atoms with Crippen LogP contribution in [0.5, 0.6) is 0 Å². The lowest BCUT2D eigenvalue weighted by atomic mass is 9.90. The van der Waals surface area contributed by atoms with Crippen molar-refractivity contribution in [1.82, 2.24) is 0 Å². The number of sulfone groups is 1. The van der Waals surface area contributed by atoms with Crippen LogP contribution in [0.2, 0.25) is 0 Å². The van der Waals surface area contributed by atoms with E-state index in [0.717, 1.165) is 18.6 Å². The van der Waals surface area contributed by atoms with Crippen molar-refractivity contribution in [2.45, 2.75) is 17.7 Å². The van der Waals surface area contributed by atoms with Crippen molar-refractivity contribution in [1.29, 1.82) is 0 Å². The molecule has 3 nitrogen and oxygen atoms in total. The van der Waals surface area contributed by atoms with E-state index in [1.807, 2.05) is 30.0 Å². The van der Waals surface area contributed by atoms with Crippen molar-refractivity contribution >= 4 is 21.6 Å². The molecule has 0 aromatic heterocycles. The van der Waals surface area contributed by atoms with E-state index in [-0.39, 0.29) is 5.92 Å². The van der Waals surface area contributed by atoms with E-state index >= 15 is 0 Å². The Kier molecular flexibility index (Phi) is 5.30. The topological polar surface area (TPSA) is 60.2 Å². The molecule has 1 aliphatic rings. The highest BCUT2D eigenvalue weighted by Crippen LogP contribution is 2.29. The molecule has 1 aromatic carbocycles. The van der Waals surface area contributed by atoms with Gasteiger partial charge < -0.3 is 5.73 Å². The summed E-state index contributed by atoms with van der Waals surface area (Å²) in [6.45, 7) is 0.593. The zero-order valence-corrected chi connectivity index (χ0v) is 12.6. The number of hydrogen-bond acceptors (Lipinski definition) is 4. The standard InChI is InChI=1S/C14H21NO2S2/c15-10-12(13-7-9-19(16,17)11-13)6-8-18-14-4-2-1-3-5-14/h1-5,12-13H,6-11,15H2. The maximum absolute atomic E-state index is 11.5. The van der Waals surface area contributed by atoms with Crippen LogP contribution in [0, 0.1) is 11.8 Å². The number of rotatable bonds is 6. The molecule has 19 heavy (non-hydrogen) atoms. The van der Waals surface area contributed by atoms with Gasteiger partial charge in [-0.05, 0) is 49.1 Å². The van der Waals surface area contributed by atoms with Gasteiger partial charge in [-0.25, -0.2) is 8.42 Å². The molecule has 1 saturated heterocycles. The highest BCUT2D eigenvalue weighted by Gasteiger charge is 2.32. The van der Waals surface area contributed by atoms with Crippen LogP contribution in [-0.2, 0) is 9.84 Å². The number of thioether (sulfide) groups is 1. The van der Waals surface area contributed by atoms with Gasteiger partial charge >= 0.3 is 0 Å². The van der Waals surface area contributed by atoms with Crippen molar-refractivity contribution in [3.8, 4) is 0 Å². The van der Waals surface area contributed by atoms with Crippen molar-refractivity contribution < 1.29 is 8.42 Å². The Labute approximate surface area is 119 Å². The molecule has 2 rings (SSSR count). The predicted octanol–water partition coefficient (Wildman–Crippen LogP) is 2.18. The minimum Gasteiger partial charge on any atom is -0.330 e. The fourth-order valence-corrected chi connectivity index (χ4v) is 5.51. The van der Waals surface area contributed by atoms with Gasteiger partial charge in [-0.1, -0.05) is 18.2 Å². The lowest BCUT2D eigenvalue weighted by molar-refractivity contribution is 0.365. The van der Waals surface area contributed by atoms with Gasteiger partial charge in [-0.3, -0.25) is 0 Å². The molecular weight excluding hydrogens is 278 g/mol. The van der Waals surface area contributed by atoms with Crippen molar-refractivity contribution in [3.63, 3.8) is 0 Å². The molecule has 2 atom stereocenters. The second-order valence-electron chi connectivity index (χ2n) is 5.11. The summed E-state index contributed by atoms with van der Waals surface area (Å²) in [7, 11) is -2.79. The SMILES string of the molecule is NCC(CCSc1ccccc1)C1CCS(=O)(=O)C1. The van der Waals surface area contributed by atoms with E-state index in [2.05, 4.69) is 12.1 Å². The lowest BCUT2D eigenvalue weighted by Crippen LogP contribution is -2.25. The third kappa shape index (κ3) is 4.51. The Balaban J connectivity index is 1.80. The first-order valence-corrected chi connectivity index (χ1v) is 9.50. The Morgan fingerprint density at radius 1 is 1.32 bits per heavy atom. The van der Waals surface area contributed by atoms with E-state index in [4.69, 9.17) is 5.73 Å². The smallest absolute Gasteiger partial charge is 0.150 e. The molecule has 5 heteroatoms. The molecular formula is C14H21NO2S2. The molecule has 2 unspecified atom stereocenters. The molecule has 1 aliphatic heterocycles. The van der Waals surface area contributed by atoms with Crippen LogP contribution in [0.3, 0.4) is 0 Å². The summed E-state index contributed by atoms with van der Waals surface area (Å²) in [4.78, 5) is 1.26. The van der Waals surface area contributed by atoms with E-state index in [0.29, 0.717) is 24.0 Å². The van der Waals surface area contributed by atoms with Gasteiger partial charge in [-0.2, -0.15) is 0 Å². The predicted molar refractivity (Wildman–Crippen MR) is 81.1 cm³/mol. The average molecular weight is 299 g/mol. The van der Waals surface area contributed by atoms with Crippen LogP contribution >= 0.6 is 11.8 Å². The average Bonchev–Trinajstić information content (AvgIpc) is 2.76. The van der Waals surface area contributed by atoms with Gasteiger partial charge in [0.2, 0.25) is 0 Å². The summed E-state index contributed by atoms with van der Waals surface area (Å²) in [5, 5.41) is 0. The Hall–Kier alpha value is -0.520. The van der Waals surface area contributed by atoms with Crippen molar-refractivity contribution in [3.05, 3.63) is 30.3 Å². The lowest BCUT2D eigenvalue weighted by Gasteiger charge is -2.20. The van der Waals surface area contributed by atoms with Crippen LogP contribution in [-0.4, -0.2) is 32.2 Å². The number of benzene rings is 1. The van der Waals surface area contributed by atoms with Gasteiger partial charge in [0.25, 0.3) is 0 Å². The van der Waals surface area contributed by atoms with Gasteiger partial charge in [0, 0.05) is 4.90 Å².